The molecule has 1 aliphatic rings. The Hall–Kier alpha value is -1.30. The number of morpholine rings is 1. The van der Waals surface area contributed by atoms with Gasteiger partial charge in [0.2, 0.25) is 5.91 Å². The van der Waals surface area contributed by atoms with Crippen LogP contribution in [0, 0.1) is 0 Å². The second-order valence-corrected chi connectivity index (χ2v) is 5.18. The lowest BCUT2D eigenvalue weighted by molar-refractivity contribution is -0.121. The maximum absolute atomic E-state index is 11.6. The van der Waals surface area contributed by atoms with Crippen molar-refractivity contribution in [1.82, 2.24) is 5.32 Å². The van der Waals surface area contributed by atoms with Gasteiger partial charge in [-0.3, -0.25) is 4.79 Å². The van der Waals surface area contributed by atoms with Gasteiger partial charge in [-0.1, -0.05) is 18.5 Å². The molecule has 1 atom stereocenters. The molecule has 0 spiro atoms. The number of anilines is 1. The molecule has 110 valence electrons. The molecule has 0 aromatic heterocycles. The van der Waals surface area contributed by atoms with Crippen molar-refractivity contribution in [2.45, 2.75) is 19.5 Å². The van der Waals surface area contributed by atoms with Gasteiger partial charge in [0.15, 0.2) is 0 Å². The lowest BCUT2D eigenvalue weighted by Crippen LogP contribution is -2.53. The zero-order valence-corrected chi connectivity index (χ0v) is 12.3. The highest BCUT2D eigenvalue weighted by atomic mass is 35.5. The molecule has 20 heavy (non-hydrogen) atoms. The zero-order valence-electron chi connectivity index (χ0n) is 11.6. The standard InChI is InChI=1S/C14H20ClN3O2/c1-2-17-8-10-7-11(15)3-4-12(10)18-5-6-20-9-13(18)14(16)19/h3-4,7,13,17H,2,5-6,8-9H2,1H3,(H2,16,19). The summed E-state index contributed by atoms with van der Waals surface area (Å²) in [4.78, 5) is 13.6. The Kier molecular flexibility index (Phi) is 5.23. The van der Waals surface area contributed by atoms with Crippen LogP contribution in [-0.4, -0.2) is 38.3 Å². The maximum Gasteiger partial charge on any atom is 0.242 e. The summed E-state index contributed by atoms with van der Waals surface area (Å²) in [5.41, 5.74) is 7.52. The number of ether oxygens (including phenoxy) is 1. The number of hydrogen-bond donors (Lipinski definition) is 2. The summed E-state index contributed by atoms with van der Waals surface area (Å²) in [5.74, 6) is -0.367. The summed E-state index contributed by atoms with van der Waals surface area (Å²) >= 11 is 6.07. The van der Waals surface area contributed by atoms with E-state index in [1.54, 1.807) is 0 Å². The summed E-state index contributed by atoms with van der Waals surface area (Å²) in [6.07, 6.45) is 0. The fourth-order valence-electron chi connectivity index (χ4n) is 2.36. The van der Waals surface area contributed by atoms with Crippen LogP contribution < -0.4 is 16.0 Å². The smallest absolute Gasteiger partial charge is 0.242 e. The number of halogens is 1. The average Bonchev–Trinajstić information content (AvgIpc) is 2.45. The molecule has 0 aliphatic carbocycles. The second-order valence-electron chi connectivity index (χ2n) is 4.74. The van der Waals surface area contributed by atoms with E-state index in [-0.39, 0.29) is 5.91 Å². The monoisotopic (exact) mass is 297 g/mol. The molecule has 1 heterocycles. The van der Waals surface area contributed by atoms with Gasteiger partial charge in [-0.15, -0.1) is 0 Å². The molecule has 1 aromatic rings. The van der Waals surface area contributed by atoms with E-state index >= 15 is 0 Å². The van der Waals surface area contributed by atoms with Crippen LogP contribution in [0.1, 0.15) is 12.5 Å². The van der Waals surface area contributed by atoms with E-state index in [1.807, 2.05) is 30.0 Å². The number of nitrogens with zero attached hydrogens (tertiary/aromatic N) is 1. The maximum atomic E-state index is 11.6. The minimum Gasteiger partial charge on any atom is -0.377 e. The van der Waals surface area contributed by atoms with Crippen LogP contribution in [0.2, 0.25) is 5.02 Å². The Morgan fingerprint density at radius 3 is 3.10 bits per heavy atom. The topological polar surface area (TPSA) is 67.6 Å². The van der Waals surface area contributed by atoms with E-state index in [9.17, 15) is 4.79 Å². The molecule has 1 aliphatic heterocycles. The molecule has 3 N–H and O–H groups in total. The summed E-state index contributed by atoms with van der Waals surface area (Å²) < 4.78 is 5.36. The van der Waals surface area contributed by atoms with Crippen molar-refractivity contribution in [3.05, 3.63) is 28.8 Å². The van der Waals surface area contributed by atoms with Crippen LogP contribution in [0.25, 0.3) is 0 Å². The summed E-state index contributed by atoms with van der Waals surface area (Å²) in [5, 5.41) is 3.97. The Morgan fingerprint density at radius 2 is 2.40 bits per heavy atom. The van der Waals surface area contributed by atoms with Crippen LogP contribution in [0.15, 0.2) is 18.2 Å². The zero-order chi connectivity index (χ0) is 14.5. The van der Waals surface area contributed by atoms with Crippen molar-refractivity contribution in [1.29, 1.82) is 0 Å². The fourth-order valence-corrected chi connectivity index (χ4v) is 2.56. The van der Waals surface area contributed by atoms with Crippen molar-refractivity contribution in [2.75, 3.05) is 31.2 Å². The number of nitrogens with two attached hydrogens (primary N) is 1. The molecule has 1 saturated heterocycles. The SMILES string of the molecule is CCNCc1cc(Cl)ccc1N1CCOCC1C(N)=O. The highest BCUT2D eigenvalue weighted by Gasteiger charge is 2.29. The van der Waals surface area contributed by atoms with Gasteiger partial charge in [0.25, 0.3) is 0 Å². The molecule has 6 heteroatoms. The number of benzene rings is 1. The van der Waals surface area contributed by atoms with Crippen LogP contribution in [-0.2, 0) is 16.1 Å². The van der Waals surface area contributed by atoms with Crippen molar-refractivity contribution < 1.29 is 9.53 Å². The van der Waals surface area contributed by atoms with Crippen LogP contribution in [0.5, 0.6) is 0 Å². The molecular weight excluding hydrogens is 278 g/mol. The first-order valence-electron chi connectivity index (χ1n) is 6.76. The summed E-state index contributed by atoms with van der Waals surface area (Å²) in [6.45, 7) is 5.19. The Bertz CT molecular complexity index is 481. The molecule has 2 rings (SSSR count). The molecule has 0 bridgehead atoms. The average molecular weight is 298 g/mol. The minimum atomic E-state index is -0.426. The lowest BCUT2D eigenvalue weighted by atomic mass is 10.1. The predicted octanol–water partition coefficient (Wildman–Crippen LogP) is 1.14. The molecule has 5 nitrogen and oxygen atoms in total. The van der Waals surface area contributed by atoms with E-state index < -0.39 is 6.04 Å². The van der Waals surface area contributed by atoms with E-state index in [2.05, 4.69) is 5.32 Å². The number of nitrogens with one attached hydrogen (secondary N) is 1. The quantitative estimate of drug-likeness (QED) is 0.855. The molecule has 1 fully saturated rings. The second kappa shape index (κ2) is 6.92. The number of amides is 1. The number of carbonyl (C=O) groups is 1. The largest absolute Gasteiger partial charge is 0.377 e. The molecule has 1 amide bonds. The first kappa shape index (κ1) is 15.1. The summed E-state index contributed by atoms with van der Waals surface area (Å²) in [7, 11) is 0. The molecule has 1 aromatic carbocycles. The van der Waals surface area contributed by atoms with E-state index in [1.165, 1.54) is 0 Å². The Balaban J connectivity index is 2.31. The third kappa shape index (κ3) is 3.42. The highest BCUT2D eigenvalue weighted by molar-refractivity contribution is 6.30. The Labute approximate surface area is 124 Å². The third-order valence-corrected chi connectivity index (χ3v) is 3.61. The van der Waals surface area contributed by atoms with E-state index in [4.69, 9.17) is 22.1 Å². The number of carbonyl (C=O) groups excluding carboxylic acids is 1. The first-order valence-corrected chi connectivity index (χ1v) is 7.14. The minimum absolute atomic E-state index is 0.332. The third-order valence-electron chi connectivity index (χ3n) is 3.37. The Morgan fingerprint density at radius 1 is 1.60 bits per heavy atom. The molecule has 1 unspecified atom stereocenters. The van der Waals surface area contributed by atoms with Crippen molar-refractivity contribution in [3.63, 3.8) is 0 Å². The van der Waals surface area contributed by atoms with Gasteiger partial charge >= 0.3 is 0 Å². The highest BCUT2D eigenvalue weighted by Crippen LogP contribution is 2.27. The number of hydrogen-bond acceptors (Lipinski definition) is 4. The molecule has 0 saturated carbocycles. The van der Waals surface area contributed by atoms with E-state index in [0.717, 1.165) is 17.8 Å². The summed E-state index contributed by atoms with van der Waals surface area (Å²) in [6, 6.07) is 5.27. The van der Waals surface area contributed by atoms with Crippen LogP contribution >= 0.6 is 11.6 Å². The van der Waals surface area contributed by atoms with Crippen LogP contribution in [0.4, 0.5) is 5.69 Å². The fraction of sp³-hybridized carbons (Fsp3) is 0.500. The first-order chi connectivity index (χ1) is 9.63. The van der Waals surface area contributed by atoms with Gasteiger partial charge in [-0.25, -0.2) is 0 Å². The van der Waals surface area contributed by atoms with Gasteiger partial charge in [0.05, 0.1) is 13.2 Å². The van der Waals surface area contributed by atoms with E-state index in [0.29, 0.717) is 31.3 Å². The van der Waals surface area contributed by atoms with Crippen molar-refractivity contribution in [3.8, 4) is 0 Å². The van der Waals surface area contributed by atoms with Crippen molar-refractivity contribution in [2.24, 2.45) is 5.73 Å². The van der Waals surface area contributed by atoms with Gasteiger partial charge < -0.3 is 20.7 Å². The lowest BCUT2D eigenvalue weighted by Gasteiger charge is -2.36. The number of primary amides is 1. The van der Waals surface area contributed by atoms with Gasteiger partial charge in [-0.2, -0.15) is 0 Å². The normalized spacial score (nSPS) is 19.1. The molecular formula is C14H20ClN3O2. The number of rotatable bonds is 5. The van der Waals surface area contributed by atoms with Gasteiger partial charge in [0, 0.05) is 23.8 Å². The van der Waals surface area contributed by atoms with Crippen molar-refractivity contribution >= 4 is 23.2 Å². The van der Waals surface area contributed by atoms with Gasteiger partial charge in [0.1, 0.15) is 6.04 Å². The van der Waals surface area contributed by atoms with Crippen LogP contribution in [0.3, 0.4) is 0 Å². The predicted molar refractivity (Wildman–Crippen MR) is 80.0 cm³/mol. The molecule has 0 radical (unpaired) electrons. The van der Waals surface area contributed by atoms with Gasteiger partial charge in [-0.05, 0) is 30.3 Å².